The van der Waals surface area contributed by atoms with Crippen molar-refractivity contribution in [1.29, 1.82) is 0 Å². The highest BCUT2D eigenvalue weighted by Gasteiger charge is 2.11. The monoisotopic (exact) mass is 304 g/mol. The molecule has 21 heavy (non-hydrogen) atoms. The number of carboxylic acid groups (broad SMARTS) is 1. The first-order valence-corrected chi connectivity index (χ1v) is 6.46. The molecule has 0 saturated heterocycles. The number of nitrogens with two attached hydrogens (primary N) is 1. The van der Waals surface area contributed by atoms with E-state index in [-0.39, 0.29) is 16.5 Å². The predicted octanol–water partition coefficient (Wildman–Crippen LogP) is 3.18. The number of aromatic carboxylic acids is 1. The van der Waals surface area contributed by atoms with Crippen molar-refractivity contribution in [2.45, 2.75) is 6.92 Å². The second-order valence-corrected chi connectivity index (χ2v) is 4.93. The van der Waals surface area contributed by atoms with E-state index in [4.69, 9.17) is 22.4 Å². The lowest BCUT2D eigenvalue weighted by Crippen LogP contribution is -2.12. The summed E-state index contributed by atoms with van der Waals surface area (Å²) in [6, 6.07) is 9.20. The zero-order chi connectivity index (χ0) is 15.6. The number of hydrogen-bond acceptors (Lipinski definition) is 3. The lowest BCUT2D eigenvalue weighted by molar-refractivity contribution is 0.0697. The molecule has 0 aliphatic carbocycles. The van der Waals surface area contributed by atoms with Gasteiger partial charge in [0, 0.05) is 16.9 Å². The zero-order valence-electron chi connectivity index (χ0n) is 11.2. The van der Waals surface area contributed by atoms with Crippen molar-refractivity contribution in [3.8, 4) is 0 Å². The van der Waals surface area contributed by atoms with Crippen LogP contribution < -0.4 is 11.1 Å². The van der Waals surface area contributed by atoms with Gasteiger partial charge in [0.25, 0.3) is 5.91 Å². The molecule has 1 amide bonds. The van der Waals surface area contributed by atoms with Crippen molar-refractivity contribution in [2.75, 3.05) is 11.1 Å². The van der Waals surface area contributed by atoms with Gasteiger partial charge in [-0.1, -0.05) is 17.7 Å². The Bertz CT molecular complexity index is 729. The third kappa shape index (κ3) is 3.32. The van der Waals surface area contributed by atoms with Gasteiger partial charge in [-0.25, -0.2) is 4.79 Å². The smallest absolute Gasteiger partial charge is 0.337 e. The fourth-order valence-corrected chi connectivity index (χ4v) is 2.01. The molecule has 0 saturated carbocycles. The standard InChI is InChI=1S/C15H13ClN2O3/c1-8-2-3-9(6-13(8)17)14(19)18-10-4-5-11(15(20)21)12(16)7-10/h2-7H,17H2,1H3,(H,18,19)(H,20,21). The molecule has 0 atom stereocenters. The van der Waals surface area contributed by atoms with Crippen LogP contribution in [0.1, 0.15) is 26.3 Å². The van der Waals surface area contributed by atoms with Gasteiger partial charge in [-0.15, -0.1) is 0 Å². The number of anilines is 2. The van der Waals surface area contributed by atoms with E-state index in [9.17, 15) is 9.59 Å². The van der Waals surface area contributed by atoms with E-state index in [1.54, 1.807) is 18.2 Å². The van der Waals surface area contributed by atoms with E-state index in [0.717, 1.165) is 5.56 Å². The predicted molar refractivity (Wildman–Crippen MR) is 82.0 cm³/mol. The van der Waals surface area contributed by atoms with Gasteiger partial charge in [0.1, 0.15) is 0 Å². The fourth-order valence-electron chi connectivity index (χ4n) is 1.75. The molecule has 2 aromatic carbocycles. The molecule has 5 nitrogen and oxygen atoms in total. The Labute approximate surface area is 126 Å². The van der Waals surface area contributed by atoms with Crippen LogP contribution in [0.15, 0.2) is 36.4 Å². The summed E-state index contributed by atoms with van der Waals surface area (Å²) < 4.78 is 0. The van der Waals surface area contributed by atoms with Crippen molar-refractivity contribution < 1.29 is 14.7 Å². The van der Waals surface area contributed by atoms with Gasteiger partial charge in [-0.2, -0.15) is 0 Å². The largest absolute Gasteiger partial charge is 0.478 e. The van der Waals surface area contributed by atoms with E-state index >= 15 is 0 Å². The number of halogens is 1. The first-order valence-electron chi connectivity index (χ1n) is 6.09. The van der Waals surface area contributed by atoms with Crippen LogP contribution in [0.4, 0.5) is 11.4 Å². The molecule has 4 N–H and O–H groups in total. The van der Waals surface area contributed by atoms with E-state index in [0.29, 0.717) is 16.9 Å². The summed E-state index contributed by atoms with van der Waals surface area (Å²) in [5.74, 6) is -1.47. The maximum absolute atomic E-state index is 12.1. The first kappa shape index (κ1) is 14.9. The Morgan fingerprint density at radius 1 is 1.19 bits per heavy atom. The third-order valence-electron chi connectivity index (χ3n) is 3.00. The van der Waals surface area contributed by atoms with Crippen LogP contribution in [0, 0.1) is 6.92 Å². The number of carbonyl (C=O) groups is 2. The molecular formula is C15H13ClN2O3. The second-order valence-electron chi connectivity index (χ2n) is 4.53. The van der Waals surface area contributed by atoms with Crippen LogP contribution in [0.25, 0.3) is 0 Å². The van der Waals surface area contributed by atoms with Crippen molar-refractivity contribution in [3.05, 3.63) is 58.1 Å². The van der Waals surface area contributed by atoms with Crippen molar-refractivity contribution >= 4 is 34.9 Å². The molecule has 0 bridgehead atoms. The number of benzene rings is 2. The van der Waals surface area contributed by atoms with E-state index in [1.807, 2.05) is 6.92 Å². The first-order chi connectivity index (χ1) is 9.88. The average Bonchev–Trinajstić information content (AvgIpc) is 2.41. The number of aryl methyl sites for hydroxylation is 1. The Balaban J connectivity index is 2.21. The lowest BCUT2D eigenvalue weighted by Gasteiger charge is -2.08. The summed E-state index contributed by atoms with van der Waals surface area (Å²) in [4.78, 5) is 22.9. The zero-order valence-corrected chi connectivity index (χ0v) is 11.9. The average molecular weight is 305 g/mol. The number of carboxylic acids is 1. The molecule has 0 spiro atoms. The van der Waals surface area contributed by atoms with Gasteiger partial charge in [0.15, 0.2) is 0 Å². The van der Waals surface area contributed by atoms with Crippen LogP contribution in [-0.2, 0) is 0 Å². The minimum atomic E-state index is -1.12. The molecule has 0 aliphatic heterocycles. The molecule has 6 heteroatoms. The van der Waals surface area contributed by atoms with Crippen LogP contribution in [0.5, 0.6) is 0 Å². The minimum Gasteiger partial charge on any atom is -0.478 e. The minimum absolute atomic E-state index is 0.0192. The number of nitrogens with one attached hydrogen (secondary N) is 1. The SMILES string of the molecule is Cc1ccc(C(=O)Nc2ccc(C(=O)O)c(Cl)c2)cc1N. The van der Waals surface area contributed by atoms with E-state index in [1.165, 1.54) is 18.2 Å². The van der Waals surface area contributed by atoms with Crippen molar-refractivity contribution in [1.82, 2.24) is 0 Å². The molecule has 0 aromatic heterocycles. The maximum atomic E-state index is 12.1. The molecule has 0 heterocycles. The maximum Gasteiger partial charge on any atom is 0.337 e. The summed E-state index contributed by atoms with van der Waals surface area (Å²) in [6.07, 6.45) is 0. The molecule has 0 aliphatic rings. The summed E-state index contributed by atoms with van der Waals surface area (Å²) in [7, 11) is 0. The number of rotatable bonds is 3. The number of amides is 1. The fraction of sp³-hybridized carbons (Fsp3) is 0.0667. The van der Waals surface area contributed by atoms with E-state index < -0.39 is 5.97 Å². The summed E-state index contributed by atoms with van der Waals surface area (Å²) >= 11 is 5.85. The van der Waals surface area contributed by atoms with Crippen molar-refractivity contribution in [2.24, 2.45) is 0 Å². The Kier molecular flexibility index (Phi) is 4.14. The van der Waals surface area contributed by atoms with Crippen LogP contribution in [0.2, 0.25) is 5.02 Å². The molecule has 0 fully saturated rings. The topological polar surface area (TPSA) is 92.4 Å². The number of nitrogen functional groups attached to an aromatic ring is 1. The Morgan fingerprint density at radius 2 is 1.90 bits per heavy atom. The lowest BCUT2D eigenvalue weighted by atomic mass is 10.1. The van der Waals surface area contributed by atoms with Gasteiger partial charge in [-0.3, -0.25) is 4.79 Å². The van der Waals surface area contributed by atoms with Crippen LogP contribution >= 0.6 is 11.6 Å². The molecule has 0 radical (unpaired) electrons. The van der Waals surface area contributed by atoms with Crippen molar-refractivity contribution in [3.63, 3.8) is 0 Å². The highest BCUT2D eigenvalue weighted by Crippen LogP contribution is 2.22. The summed E-state index contributed by atoms with van der Waals surface area (Å²) in [6.45, 7) is 1.85. The van der Waals surface area contributed by atoms with Gasteiger partial charge in [0.05, 0.1) is 10.6 Å². The quantitative estimate of drug-likeness (QED) is 0.759. The van der Waals surface area contributed by atoms with E-state index in [2.05, 4.69) is 5.32 Å². The van der Waals surface area contributed by atoms with Crippen LogP contribution in [0.3, 0.4) is 0 Å². The Hall–Kier alpha value is -2.53. The highest BCUT2D eigenvalue weighted by atomic mass is 35.5. The van der Waals surface area contributed by atoms with Gasteiger partial charge >= 0.3 is 5.97 Å². The third-order valence-corrected chi connectivity index (χ3v) is 3.31. The van der Waals surface area contributed by atoms with Gasteiger partial charge in [-0.05, 0) is 42.8 Å². The molecule has 108 valence electrons. The van der Waals surface area contributed by atoms with Gasteiger partial charge in [0.2, 0.25) is 0 Å². The summed E-state index contributed by atoms with van der Waals surface area (Å²) in [5, 5.41) is 11.6. The highest BCUT2D eigenvalue weighted by molar-refractivity contribution is 6.33. The number of carbonyl (C=O) groups excluding carboxylic acids is 1. The molecule has 2 rings (SSSR count). The molecule has 2 aromatic rings. The van der Waals surface area contributed by atoms with Gasteiger partial charge < -0.3 is 16.2 Å². The normalized spacial score (nSPS) is 10.2. The second kappa shape index (κ2) is 5.85. The Morgan fingerprint density at radius 3 is 2.48 bits per heavy atom. The summed E-state index contributed by atoms with van der Waals surface area (Å²) in [5.41, 5.74) is 7.99. The number of hydrogen-bond donors (Lipinski definition) is 3. The molecule has 0 unspecified atom stereocenters. The molecular weight excluding hydrogens is 292 g/mol. The van der Waals surface area contributed by atoms with Crippen LogP contribution in [-0.4, -0.2) is 17.0 Å².